The summed E-state index contributed by atoms with van der Waals surface area (Å²) >= 11 is 0. The lowest BCUT2D eigenvalue weighted by molar-refractivity contribution is 0.323. The molecule has 2 aliphatic heterocycles. The fourth-order valence-corrected chi connectivity index (χ4v) is 2.05. The number of nitrogens with zero attached hydrogens (tertiary/aromatic N) is 2. The maximum atomic E-state index is 5.56. The summed E-state index contributed by atoms with van der Waals surface area (Å²) in [5.41, 5.74) is 1.98. The van der Waals surface area contributed by atoms with E-state index >= 15 is 0 Å². The van der Waals surface area contributed by atoms with E-state index in [-0.39, 0.29) is 12.1 Å². The van der Waals surface area contributed by atoms with Gasteiger partial charge in [-0.1, -0.05) is 6.07 Å². The highest BCUT2D eigenvalue weighted by Crippen LogP contribution is 2.16. The van der Waals surface area contributed by atoms with Crippen LogP contribution in [-0.4, -0.2) is 37.1 Å². The molecule has 2 aliphatic rings. The van der Waals surface area contributed by atoms with Crippen molar-refractivity contribution in [3.63, 3.8) is 0 Å². The minimum Gasteiger partial charge on any atom is -0.475 e. The molecule has 18 heavy (non-hydrogen) atoms. The van der Waals surface area contributed by atoms with Crippen LogP contribution in [0.2, 0.25) is 0 Å². The minimum absolute atomic E-state index is 0.240. The highest BCUT2D eigenvalue weighted by Gasteiger charge is 2.19. The van der Waals surface area contributed by atoms with Gasteiger partial charge in [-0.25, -0.2) is 9.98 Å². The second-order valence-corrected chi connectivity index (χ2v) is 4.77. The van der Waals surface area contributed by atoms with Crippen LogP contribution in [0.25, 0.3) is 0 Å². The lowest BCUT2D eigenvalue weighted by Gasteiger charge is -2.05. The average molecular weight is 244 g/mol. The van der Waals surface area contributed by atoms with Crippen molar-refractivity contribution in [1.29, 1.82) is 0 Å². The van der Waals surface area contributed by atoms with E-state index in [1.807, 2.05) is 38.1 Å². The Labute approximate surface area is 106 Å². The number of hydrogen-bond donors (Lipinski definition) is 0. The lowest BCUT2D eigenvalue weighted by Crippen LogP contribution is -2.06. The van der Waals surface area contributed by atoms with E-state index in [1.54, 1.807) is 0 Å². The van der Waals surface area contributed by atoms with Crippen LogP contribution in [-0.2, 0) is 9.47 Å². The first kappa shape index (κ1) is 11.3. The molecule has 0 amide bonds. The van der Waals surface area contributed by atoms with Crippen LogP contribution in [0.5, 0.6) is 0 Å². The van der Waals surface area contributed by atoms with Gasteiger partial charge in [-0.05, 0) is 32.0 Å². The maximum Gasteiger partial charge on any atom is 0.216 e. The summed E-state index contributed by atoms with van der Waals surface area (Å²) in [4.78, 5) is 8.91. The van der Waals surface area contributed by atoms with Crippen molar-refractivity contribution >= 4 is 11.8 Å². The first-order valence-electron chi connectivity index (χ1n) is 6.24. The summed E-state index contributed by atoms with van der Waals surface area (Å²) in [6.07, 6.45) is 0. The predicted molar refractivity (Wildman–Crippen MR) is 70.3 cm³/mol. The highest BCUT2D eigenvalue weighted by atomic mass is 16.5. The van der Waals surface area contributed by atoms with Gasteiger partial charge in [-0.3, -0.25) is 0 Å². The van der Waals surface area contributed by atoms with Gasteiger partial charge >= 0.3 is 0 Å². The molecular formula is C14H16N2O2. The van der Waals surface area contributed by atoms with Crippen molar-refractivity contribution in [1.82, 2.24) is 0 Å². The van der Waals surface area contributed by atoms with E-state index in [2.05, 4.69) is 9.98 Å². The number of ether oxygens (including phenoxy) is 2. The molecule has 2 heterocycles. The summed E-state index contributed by atoms with van der Waals surface area (Å²) in [5.74, 6) is 1.44. The second-order valence-electron chi connectivity index (χ2n) is 4.77. The van der Waals surface area contributed by atoms with E-state index in [4.69, 9.17) is 9.47 Å². The summed E-state index contributed by atoms with van der Waals surface area (Å²) in [7, 11) is 0. The lowest BCUT2D eigenvalue weighted by atomic mass is 10.1. The molecule has 2 atom stereocenters. The Hall–Kier alpha value is -1.84. The Morgan fingerprint density at radius 1 is 0.944 bits per heavy atom. The van der Waals surface area contributed by atoms with Gasteiger partial charge in [0.25, 0.3) is 0 Å². The SMILES string of the molecule is CC1COC(c2cccc(C3=NC(C)CO3)c2)=N1. The first-order chi connectivity index (χ1) is 8.72. The van der Waals surface area contributed by atoms with Crippen LogP contribution in [0.1, 0.15) is 25.0 Å². The Balaban J connectivity index is 1.90. The van der Waals surface area contributed by atoms with Gasteiger partial charge in [0.15, 0.2) is 0 Å². The maximum absolute atomic E-state index is 5.56. The molecule has 3 rings (SSSR count). The van der Waals surface area contributed by atoms with E-state index in [0.717, 1.165) is 22.9 Å². The summed E-state index contributed by atoms with van der Waals surface area (Å²) in [5, 5.41) is 0. The van der Waals surface area contributed by atoms with Crippen molar-refractivity contribution in [2.75, 3.05) is 13.2 Å². The molecule has 0 saturated heterocycles. The molecule has 4 nitrogen and oxygen atoms in total. The second kappa shape index (κ2) is 4.44. The van der Waals surface area contributed by atoms with Gasteiger partial charge in [0.1, 0.15) is 13.2 Å². The van der Waals surface area contributed by atoms with Gasteiger partial charge in [0, 0.05) is 11.1 Å². The van der Waals surface area contributed by atoms with Gasteiger partial charge < -0.3 is 9.47 Å². The Bertz CT molecular complexity index is 479. The molecule has 94 valence electrons. The fraction of sp³-hybridized carbons (Fsp3) is 0.429. The number of aliphatic imine (C=N–C) groups is 2. The molecule has 0 fully saturated rings. The third-order valence-electron chi connectivity index (χ3n) is 2.95. The summed E-state index contributed by atoms with van der Waals surface area (Å²) in [6, 6.07) is 8.48. The van der Waals surface area contributed by atoms with Crippen LogP contribution in [0.3, 0.4) is 0 Å². The van der Waals surface area contributed by atoms with Crippen molar-refractivity contribution < 1.29 is 9.47 Å². The zero-order valence-corrected chi connectivity index (χ0v) is 10.6. The summed E-state index contributed by atoms with van der Waals surface area (Å²) < 4.78 is 11.1. The molecule has 1 aromatic carbocycles. The van der Waals surface area contributed by atoms with Crippen molar-refractivity contribution in [2.24, 2.45) is 9.98 Å². The van der Waals surface area contributed by atoms with E-state index < -0.39 is 0 Å². The third-order valence-corrected chi connectivity index (χ3v) is 2.95. The highest BCUT2D eigenvalue weighted by molar-refractivity contribution is 6.00. The van der Waals surface area contributed by atoms with Crippen LogP contribution < -0.4 is 0 Å². The molecule has 0 N–H and O–H groups in total. The van der Waals surface area contributed by atoms with Gasteiger partial charge in [0.05, 0.1) is 12.1 Å². The fourth-order valence-electron chi connectivity index (χ4n) is 2.05. The normalized spacial score (nSPS) is 26.3. The number of hydrogen-bond acceptors (Lipinski definition) is 4. The zero-order chi connectivity index (χ0) is 12.5. The van der Waals surface area contributed by atoms with Crippen molar-refractivity contribution in [3.8, 4) is 0 Å². The molecule has 0 bridgehead atoms. The predicted octanol–water partition coefficient (Wildman–Crippen LogP) is 2.02. The molecule has 0 saturated carbocycles. The summed E-state index contributed by atoms with van der Waals surface area (Å²) in [6.45, 7) is 5.41. The monoisotopic (exact) mass is 244 g/mol. The van der Waals surface area contributed by atoms with E-state index in [1.165, 1.54) is 0 Å². The van der Waals surface area contributed by atoms with Crippen LogP contribution in [0, 0.1) is 0 Å². The van der Waals surface area contributed by atoms with Crippen molar-refractivity contribution in [2.45, 2.75) is 25.9 Å². The van der Waals surface area contributed by atoms with Gasteiger partial charge in [-0.15, -0.1) is 0 Å². The molecule has 4 heteroatoms. The topological polar surface area (TPSA) is 43.2 Å². The van der Waals surface area contributed by atoms with Crippen LogP contribution in [0.4, 0.5) is 0 Å². The van der Waals surface area contributed by atoms with E-state index in [0.29, 0.717) is 13.2 Å². The Kier molecular flexibility index (Phi) is 2.78. The molecular weight excluding hydrogens is 228 g/mol. The Morgan fingerprint density at radius 3 is 1.83 bits per heavy atom. The molecule has 0 aromatic heterocycles. The zero-order valence-electron chi connectivity index (χ0n) is 10.6. The molecule has 0 spiro atoms. The first-order valence-corrected chi connectivity index (χ1v) is 6.24. The quantitative estimate of drug-likeness (QED) is 0.798. The standard InChI is InChI=1S/C14H16N2O2/c1-9-7-17-13(15-9)11-4-3-5-12(6-11)14-16-10(2)8-18-14/h3-6,9-10H,7-8H2,1-2H3. The third kappa shape index (κ3) is 2.10. The molecule has 1 aromatic rings. The van der Waals surface area contributed by atoms with E-state index in [9.17, 15) is 0 Å². The minimum atomic E-state index is 0.240. The van der Waals surface area contributed by atoms with Crippen LogP contribution >= 0.6 is 0 Å². The van der Waals surface area contributed by atoms with Gasteiger partial charge in [0.2, 0.25) is 11.8 Å². The van der Waals surface area contributed by atoms with Gasteiger partial charge in [-0.2, -0.15) is 0 Å². The Morgan fingerprint density at radius 2 is 1.44 bits per heavy atom. The number of benzene rings is 1. The largest absolute Gasteiger partial charge is 0.475 e. The smallest absolute Gasteiger partial charge is 0.216 e. The number of rotatable bonds is 2. The van der Waals surface area contributed by atoms with Crippen LogP contribution in [0.15, 0.2) is 34.3 Å². The average Bonchev–Trinajstić information content (AvgIpc) is 2.98. The molecule has 2 unspecified atom stereocenters. The molecule has 0 aliphatic carbocycles. The molecule has 0 radical (unpaired) electrons. The van der Waals surface area contributed by atoms with Crippen molar-refractivity contribution in [3.05, 3.63) is 35.4 Å².